The van der Waals surface area contributed by atoms with Crippen LogP contribution < -0.4 is 49.6 Å². The maximum Gasteiger partial charge on any atom is 0.288 e. The standard InChI is InChI=1S/C68H88N6O16S4/c1-67(2,92-91-30-23-62(93(78,79)80)63(75)71-68(3,4)48-19-11-9-8-10-12-20-48)43-72(24-25-87-28-29-88-27-26-84-5)49-32-44(41-89-60-38-53-51(36-58(60)85-6)65(76)73-50(40-69-53)34-46-17-13-15-21-55(46)73)31-45(33-49)42-90-61-39-54-52(37-59(61)86-7)66(77)74-56-22-16-14-18-47(56)35-57(74)64(70-54)94(81,82)83/h13-18,21-22,31-33,36-39,48,50,57,62,64,69-70H,8-12,19-20,23-30,34-35,40-43H2,1-7H3,(H,71,75)(H,78,79,80)(H,81,82,83)/t50-,57-,62?,64?/m0/s1. The molecule has 10 rings (SSSR count). The summed E-state index contributed by atoms with van der Waals surface area (Å²) in [5.74, 6) is 0.153. The molecule has 2 unspecified atom stereocenters. The molecule has 0 radical (unpaired) electrons. The van der Waals surface area contributed by atoms with E-state index in [1.54, 1.807) is 31.4 Å². The molecule has 1 aliphatic carbocycles. The highest BCUT2D eigenvalue weighted by Gasteiger charge is 2.48. The van der Waals surface area contributed by atoms with Crippen molar-refractivity contribution in [1.82, 2.24) is 5.32 Å². The van der Waals surface area contributed by atoms with Gasteiger partial charge in [0.25, 0.3) is 32.1 Å². The largest absolute Gasteiger partial charge is 0.493 e. The van der Waals surface area contributed by atoms with Gasteiger partial charge < -0.3 is 63.8 Å². The second kappa shape index (κ2) is 30.7. The van der Waals surface area contributed by atoms with E-state index in [0.29, 0.717) is 92.0 Å². The highest BCUT2D eigenvalue weighted by atomic mass is 33.1. The first kappa shape index (κ1) is 70.3. The van der Waals surface area contributed by atoms with Gasteiger partial charge in [-0.15, -0.1) is 0 Å². The molecule has 0 saturated heterocycles. The lowest BCUT2D eigenvalue weighted by molar-refractivity contribution is -0.123. The second-order valence-electron chi connectivity index (χ2n) is 25.7. The van der Waals surface area contributed by atoms with Gasteiger partial charge in [-0.2, -0.15) is 16.8 Å². The lowest BCUT2D eigenvalue weighted by Gasteiger charge is -2.37. The van der Waals surface area contributed by atoms with E-state index in [1.807, 2.05) is 73.3 Å². The number of anilines is 5. The van der Waals surface area contributed by atoms with Crippen LogP contribution in [0.3, 0.4) is 0 Å². The summed E-state index contributed by atoms with van der Waals surface area (Å²) in [5, 5.41) is 6.27. The first-order valence-corrected chi connectivity index (χ1v) is 37.4. The fraction of sp³-hybridized carbons (Fsp3) is 0.515. The Kier molecular flexibility index (Phi) is 23.0. The van der Waals surface area contributed by atoms with E-state index in [-0.39, 0.29) is 79.0 Å². The molecule has 5 aromatic rings. The molecule has 1 saturated carbocycles. The average molecular weight is 1370 g/mol. The van der Waals surface area contributed by atoms with Crippen LogP contribution in [0, 0.1) is 5.92 Å². The summed E-state index contributed by atoms with van der Waals surface area (Å²) in [6.45, 7) is 11.0. The van der Waals surface area contributed by atoms with Gasteiger partial charge in [-0.05, 0) is 130 Å². The average Bonchev–Trinajstić information content (AvgIpc) is 1.59. The number of nitrogens with one attached hydrogen (secondary N) is 3. The Hall–Kier alpha value is -6.49. The van der Waals surface area contributed by atoms with E-state index in [4.69, 9.17) is 33.2 Å². The van der Waals surface area contributed by atoms with Crippen LogP contribution in [-0.4, -0.2) is 156 Å². The lowest BCUT2D eigenvalue weighted by Crippen LogP contribution is -2.53. The Morgan fingerprint density at radius 3 is 1.88 bits per heavy atom. The fourth-order valence-electron chi connectivity index (χ4n) is 13.4. The van der Waals surface area contributed by atoms with Gasteiger partial charge >= 0.3 is 0 Å². The van der Waals surface area contributed by atoms with Crippen LogP contribution in [0.5, 0.6) is 23.0 Å². The van der Waals surface area contributed by atoms with Crippen molar-refractivity contribution in [3.63, 3.8) is 0 Å². The van der Waals surface area contributed by atoms with Gasteiger partial charge in [0.1, 0.15) is 13.2 Å². The summed E-state index contributed by atoms with van der Waals surface area (Å²) in [4.78, 5) is 48.2. The number of hydrogen-bond acceptors (Lipinski definition) is 19. The molecule has 5 aliphatic rings. The number of ether oxygens (including phenoxy) is 7. The predicted octanol–water partition coefficient (Wildman–Crippen LogP) is 10.6. The molecule has 0 spiro atoms. The third kappa shape index (κ3) is 16.8. The van der Waals surface area contributed by atoms with Gasteiger partial charge in [-0.1, -0.05) is 90.1 Å². The molecular formula is C68H88N6O16S4. The maximum absolute atomic E-state index is 14.6. The van der Waals surface area contributed by atoms with E-state index < -0.39 is 59.0 Å². The molecular weight excluding hydrogens is 1290 g/mol. The minimum atomic E-state index is -4.79. The molecule has 26 heteroatoms. The van der Waals surface area contributed by atoms with Crippen molar-refractivity contribution in [1.29, 1.82) is 0 Å². The summed E-state index contributed by atoms with van der Waals surface area (Å²) >= 11 is 0. The quantitative estimate of drug-likeness (QED) is 0.0162. The summed E-state index contributed by atoms with van der Waals surface area (Å²) in [6, 6.07) is 26.4. The third-order valence-corrected chi connectivity index (χ3v) is 23.7. The molecule has 5 N–H and O–H groups in total. The molecule has 0 aromatic heterocycles. The van der Waals surface area contributed by atoms with Crippen molar-refractivity contribution in [2.24, 2.45) is 5.92 Å². The summed E-state index contributed by atoms with van der Waals surface area (Å²) < 4.78 is 115. The zero-order chi connectivity index (χ0) is 67.0. The molecule has 3 amide bonds. The molecule has 1 fully saturated rings. The fourth-order valence-corrected chi connectivity index (χ4v) is 17.8. The van der Waals surface area contributed by atoms with Gasteiger partial charge in [0, 0.05) is 72.0 Å². The van der Waals surface area contributed by atoms with Crippen LogP contribution >= 0.6 is 21.6 Å². The number of methoxy groups -OCH3 is 3. The van der Waals surface area contributed by atoms with Gasteiger partial charge in [-0.25, -0.2) is 0 Å². The monoisotopic (exact) mass is 1370 g/mol. The zero-order valence-corrected chi connectivity index (χ0v) is 57.7. The molecule has 4 atom stereocenters. The van der Waals surface area contributed by atoms with Gasteiger partial charge in [-0.3, -0.25) is 23.5 Å². The Balaban J connectivity index is 0.935. The minimum absolute atomic E-state index is 0.00949. The Labute approximate surface area is 560 Å². The number of hydrogen-bond donors (Lipinski definition) is 5. The predicted molar refractivity (Wildman–Crippen MR) is 368 cm³/mol. The molecule has 510 valence electrons. The molecule has 5 aromatic carbocycles. The van der Waals surface area contributed by atoms with Crippen LogP contribution in [0.4, 0.5) is 28.4 Å². The van der Waals surface area contributed by atoms with Crippen molar-refractivity contribution in [2.45, 2.75) is 138 Å². The Bertz CT molecular complexity index is 3750. The van der Waals surface area contributed by atoms with Crippen molar-refractivity contribution >= 4 is 88.0 Å². The van der Waals surface area contributed by atoms with Crippen molar-refractivity contribution < 1.29 is 73.5 Å². The number of fused-ring (bicyclic) bond motifs is 8. The topological polar surface area (TPSA) is 270 Å². The third-order valence-electron chi connectivity index (χ3n) is 18.1. The number of amides is 3. The highest BCUT2D eigenvalue weighted by Crippen LogP contribution is 2.45. The molecule has 0 bridgehead atoms. The van der Waals surface area contributed by atoms with Crippen molar-refractivity contribution in [3.05, 3.63) is 124 Å². The minimum Gasteiger partial charge on any atom is -0.493 e. The Morgan fingerprint density at radius 2 is 1.27 bits per heavy atom. The van der Waals surface area contributed by atoms with Crippen LogP contribution in [0.2, 0.25) is 0 Å². The maximum atomic E-state index is 14.6. The van der Waals surface area contributed by atoms with Crippen molar-refractivity contribution in [2.75, 3.05) is 105 Å². The van der Waals surface area contributed by atoms with E-state index in [1.165, 1.54) is 59.3 Å². The van der Waals surface area contributed by atoms with Crippen LogP contribution in [0.25, 0.3) is 0 Å². The molecule has 94 heavy (non-hydrogen) atoms. The normalized spacial score (nSPS) is 18.5. The molecule has 4 aliphatic heterocycles. The van der Waals surface area contributed by atoms with Crippen molar-refractivity contribution in [3.8, 4) is 23.0 Å². The number of carbonyl (C=O) groups is 3. The van der Waals surface area contributed by atoms with Crippen LogP contribution in [0.15, 0.2) is 91.0 Å². The molecule has 4 heterocycles. The lowest BCUT2D eigenvalue weighted by atomic mass is 9.78. The first-order chi connectivity index (χ1) is 45.0. The Morgan fingerprint density at radius 1 is 0.702 bits per heavy atom. The van der Waals surface area contributed by atoms with Crippen LogP contribution in [0.1, 0.15) is 122 Å². The van der Waals surface area contributed by atoms with E-state index in [0.717, 1.165) is 61.0 Å². The number of nitrogens with zero attached hydrogens (tertiary/aromatic N) is 3. The summed E-state index contributed by atoms with van der Waals surface area (Å²) in [6.07, 6.45) is 8.16. The first-order valence-electron chi connectivity index (χ1n) is 32.1. The van der Waals surface area contributed by atoms with E-state index in [9.17, 15) is 40.3 Å². The second-order valence-corrected chi connectivity index (χ2v) is 32.0. The number of benzene rings is 5. The number of carbonyl (C=O) groups excluding carboxylic acids is 3. The number of para-hydroxylation sites is 2. The number of rotatable bonds is 30. The zero-order valence-electron chi connectivity index (χ0n) is 54.5. The van der Waals surface area contributed by atoms with Gasteiger partial charge in [0.2, 0.25) is 5.91 Å². The summed E-state index contributed by atoms with van der Waals surface area (Å²) in [5.41, 5.74) is 6.00. The van der Waals surface area contributed by atoms with Gasteiger partial charge in [0.05, 0.1) is 81.8 Å². The highest BCUT2D eigenvalue weighted by molar-refractivity contribution is 8.77. The molecule has 22 nitrogen and oxygen atoms in total. The van der Waals surface area contributed by atoms with E-state index in [2.05, 4.69) is 34.7 Å². The summed E-state index contributed by atoms with van der Waals surface area (Å²) in [7, 11) is -2.05. The smallest absolute Gasteiger partial charge is 0.288 e. The van der Waals surface area contributed by atoms with E-state index >= 15 is 0 Å². The SMILES string of the molecule is COCCOCCOCCN(CC(C)(C)SSCCC(C(=O)NC(C)(C)C1CCCCCCC1)S(=O)(=O)O)c1cc(COc2cc3c(cc2OC)C(=O)N2c4ccccc4C[C@H]2CN3)cc(COc2cc3c(cc2OC)C(=O)N2c4ccccc4C[C@H]2C(S(=O)(=O)O)N3)c1. The van der Waals surface area contributed by atoms with Crippen LogP contribution in [-0.2, 0) is 65.3 Å². The van der Waals surface area contributed by atoms with Gasteiger partial charge in [0.15, 0.2) is 33.6 Å².